The minimum atomic E-state index is -0.267. The van der Waals surface area contributed by atoms with Gasteiger partial charge < -0.3 is 9.88 Å². The largest absolute Gasteiger partial charge is 0.342 e. The fourth-order valence-electron chi connectivity index (χ4n) is 2.51. The molecule has 0 spiro atoms. The summed E-state index contributed by atoms with van der Waals surface area (Å²) in [5.41, 5.74) is 0.381. The fourth-order valence-corrected chi connectivity index (χ4v) is 3.27. The first-order chi connectivity index (χ1) is 11.3. The van der Waals surface area contributed by atoms with Gasteiger partial charge in [0.25, 0.3) is 5.91 Å². The second kappa shape index (κ2) is 8.14. The topological polar surface area (TPSA) is 62.7 Å². The van der Waals surface area contributed by atoms with Crippen molar-refractivity contribution in [3.8, 4) is 0 Å². The van der Waals surface area contributed by atoms with Gasteiger partial charge in [0.05, 0.1) is 16.6 Å². The van der Waals surface area contributed by atoms with Crippen molar-refractivity contribution in [3.63, 3.8) is 0 Å². The van der Waals surface area contributed by atoms with Gasteiger partial charge in [-0.05, 0) is 49.7 Å². The number of hydrogen-bond donors (Lipinski definition) is 2. The average Bonchev–Trinajstić information content (AvgIpc) is 2.86. The zero-order valence-corrected chi connectivity index (χ0v) is 16.1. The number of carbonyl (C=O) groups is 1. The van der Waals surface area contributed by atoms with Crippen molar-refractivity contribution >= 4 is 41.3 Å². The molecule has 8 heteroatoms. The summed E-state index contributed by atoms with van der Waals surface area (Å²) in [5.74, 6) is 0.820. The number of amides is 1. The zero-order chi connectivity index (χ0) is 17.9. The maximum atomic E-state index is 12.6. The molecule has 0 saturated heterocycles. The Hall–Kier alpha value is -1.37. The van der Waals surface area contributed by atoms with Crippen LogP contribution in [0, 0.1) is 10.7 Å². The van der Waals surface area contributed by atoms with E-state index in [1.165, 1.54) is 0 Å². The maximum Gasteiger partial charge on any atom is 0.253 e. The molecule has 2 rings (SSSR count). The monoisotopic (exact) mass is 386 g/mol. The van der Waals surface area contributed by atoms with E-state index in [0.717, 1.165) is 12.2 Å². The van der Waals surface area contributed by atoms with Gasteiger partial charge in [0.2, 0.25) is 0 Å². The molecule has 2 N–H and O–H groups in total. The second-order valence-electron chi connectivity index (χ2n) is 5.91. The summed E-state index contributed by atoms with van der Waals surface area (Å²) >= 11 is 17.3. The van der Waals surface area contributed by atoms with E-state index in [9.17, 15) is 4.79 Å². The highest BCUT2D eigenvalue weighted by Gasteiger charge is 2.23. The lowest BCUT2D eigenvalue weighted by molar-refractivity contribution is 0.0929. The summed E-state index contributed by atoms with van der Waals surface area (Å²) in [4.78, 5) is 12.6. The van der Waals surface area contributed by atoms with Gasteiger partial charge in [0.15, 0.2) is 10.6 Å². The van der Waals surface area contributed by atoms with Crippen molar-refractivity contribution in [1.29, 1.82) is 0 Å². The Kier molecular flexibility index (Phi) is 6.43. The number of benzene rings is 1. The van der Waals surface area contributed by atoms with Crippen LogP contribution in [0.1, 0.15) is 49.4 Å². The van der Waals surface area contributed by atoms with E-state index in [1.807, 2.05) is 11.5 Å². The Labute approximate surface area is 156 Å². The van der Waals surface area contributed by atoms with Gasteiger partial charge in [-0.2, -0.15) is 5.10 Å². The van der Waals surface area contributed by atoms with Gasteiger partial charge in [-0.3, -0.25) is 9.89 Å². The standard InChI is InChI=1S/C16H20Cl2N4OS/c1-4-22-14(20-21-16(22)24)13(7-9(2)3)19-15(23)11-6-5-10(17)8-12(11)18/h5-6,8-9,13H,4,7H2,1-3H3,(H,19,23)(H,21,24). The first-order valence-corrected chi connectivity index (χ1v) is 8.90. The van der Waals surface area contributed by atoms with Crippen LogP contribution in [0.5, 0.6) is 0 Å². The molecule has 0 bridgehead atoms. The van der Waals surface area contributed by atoms with E-state index in [-0.39, 0.29) is 11.9 Å². The zero-order valence-electron chi connectivity index (χ0n) is 13.8. The normalized spacial score (nSPS) is 12.4. The molecule has 130 valence electrons. The number of aromatic amines is 1. The minimum absolute atomic E-state index is 0.265. The first-order valence-electron chi connectivity index (χ1n) is 7.74. The van der Waals surface area contributed by atoms with E-state index in [4.69, 9.17) is 35.4 Å². The van der Waals surface area contributed by atoms with Gasteiger partial charge in [-0.15, -0.1) is 0 Å². The molecule has 0 aliphatic rings. The first kappa shape index (κ1) is 19.0. The van der Waals surface area contributed by atoms with Crippen molar-refractivity contribution < 1.29 is 4.79 Å². The summed E-state index contributed by atoms with van der Waals surface area (Å²) < 4.78 is 2.42. The Morgan fingerprint density at radius 2 is 2.12 bits per heavy atom. The average molecular weight is 387 g/mol. The molecule has 0 radical (unpaired) electrons. The lowest BCUT2D eigenvalue weighted by atomic mass is 10.0. The van der Waals surface area contributed by atoms with Crippen LogP contribution in [0.15, 0.2) is 18.2 Å². The number of aromatic nitrogens is 3. The van der Waals surface area contributed by atoms with Crippen LogP contribution in [-0.2, 0) is 6.54 Å². The van der Waals surface area contributed by atoms with Crippen LogP contribution in [0.3, 0.4) is 0 Å². The molecule has 0 aliphatic heterocycles. The summed E-state index contributed by atoms with van der Waals surface area (Å²) in [6, 6.07) is 4.54. The second-order valence-corrected chi connectivity index (χ2v) is 7.14. The number of hydrogen-bond acceptors (Lipinski definition) is 3. The van der Waals surface area contributed by atoms with Gasteiger partial charge in [0.1, 0.15) is 0 Å². The molecular formula is C16H20Cl2N4OS. The Morgan fingerprint density at radius 3 is 2.71 bits per heavy atom. The summed E-state index contributed by atoms with van der Waals surface area (Å²) in [6.07, 6.45) is 0.733. The fraction of sp³-hybridized carbons (Fsp3) is 0.438. The Morgan fingerprint density at radius 1 is 1.42 bits per heavy atom. The van der Waals surface area contributed by atoms with Gasteiger partial charge in [-0.1, -0.05) is 37.0 Å². The summed E-state index contributed by atoms with van der Waals surface area (Å²) in [6.45, 7) is 6.84. The third kappa shape index (κ3) is 4.37. The SMILES string of the molecule is CCn1c(C(CC(C)C)NC(=O)c2ccc(Cl)cc2Cl)n[nH]c1=S. The van der Waals surface area contributed by atoms with Gasteiger partial charge in [0, 0.05) is 11.6 Å². The van der Waals surface area contributed by atoms with E-state index >= 15 is 0 Å². The number of halogens is 2. The van der Waals surface area contributed by atoms with E-state index < -0.39 is 0 Å². The number of H-pyrrole nitrogens is 1. The maximum absolute atomic E-state index is 12.6. The molecule has 5 nitrogen and oxygen atoms in total. The third-order valence-electron chi connectivity index (χ3n) is 3.60. The highest BCUT2D eigenvalue weighted by Crippen LogP contribution is 2.24. The number of carbonyl (C=O) groups excluding carboxylic acids is 1. The highest BCUT2D eigenvalue weighted by molar-refractivity contribution is 7.71. The van der Waals surface area contributed by atoms with Crippen LogP contribution in [-0.4, -0.2) is 20.7 Å². The summed E-state index contributed by atoms with van der Waals surface area (Å²) in [5, 5.41) is 10.9. The molecule has 1 heterocycles. The molecule has 1 unspecified atom stereocenters. The van der Waals surface area contributed by atoms with Gasteiger partial charge in [-0.25, -0.2) is 0 Å². The van der Waals surface area contributed by atoms with Crippen molar-refractivity contribution in [3.05, 3.63) is 44.4 Å². The molecule has 1 aromatic heterocycles. The van der Waals surface area contributed by atoms with E-state index in [1.54, 1.807) is 18.2 Å². The van der Waals surface area contributed by atoms with Gasteiger partial charge >= 0.3 is 0 Å². The minimum Gasteiger partial charge on any atom is -0.342 e. The quantitative estimate of drug-likeness (QED) is 0.701. The van der Waals surface area contributed by atoms with Crippen LogP contribution >= 0.6 is 35.4 Å². The number of nitrogens with zero attached hydrogens (tertiary/aromatic N) is 2. The van der Waals surface area contributed by atoms with Crippen LogP contribution < -0.4 is 5.32 Å². The predicted octanol–water partition coefficient (Wildman–Crippen LogP) is 4.78. The van der Waals surface area contributed by atoms with Crippen LogP contribution in [0.2, 0.25) is 10.0 Å². The van der Waals surface area contributed by atoms with E-state index in [0.29, 0.717) is 32.8 Å². The third-order valence-corrected chi connectivity index (χ3v) is 4.46. The molecule has 0 fully saturated rings. The number of nitrogens with one attached hydrogen (secondary N) is 2. The van der Waals surface area contributed by atoms with E-state index in [2.05, 4.69) is 29.4 Å². The molecule has 0 saturated carbocycles. The molecule has 24 heavy (non-hydrogen) atoms. The molecule has 1 atom stereocenters. The smallest absolute Gasteiger partial charge is 0.253 e. The molecule has 2 aromatic rings. The van der Waals surface area contributed by atoms with Crippen LogP contribution in [0.25, 0.3) is 0 Å². The van der Waals surface area contributed by atoms with Crippen molar-refractivity contribution in [1.82, 2.24) is 20.1 Å². The van der Waals surface area contributed by atoms with Crippen molar-refractivity contribution in [2.75, 3.05) is 0 Å². The molecular weight excluding hydrogens is 367 g/mol. The Bertz CT molecular complexity index is 785. The summed E-state index contributed by atoms with van der Waals surface area (Å²) in [7, 11) is 0. The Balaban J connectivity index is 2.32. The number of rotatable bonds is 6. The van der Waals surface area contributed by atoms with Crippen LogP contribution in [0.4, 0.5) is 0 Å². The van der Waals surface area contributed by atoms with Crippen molar-refractivity contribution in [2.45, 2.75) is 39.8 Å². The highest BCUT2D eigenvalue weighted by atomic mass is 35.5. The van der Waals surface area contributed by atoms with Crippen molar-refractivity contribution in [2.24, 2.45) is 5.92 Å². The lowest BCUT2D eigenvalue weighted by Crippen LogP contribution is -2.31. The molecule has 1 amide bonds. The molecule has 1 aromatic carbocycles. The predicted molar refractivity (Wildman–Crippen MR) is 99.2 cm³/mol. The molecule has 0 aliphatic carbocycles. The lowest BCUT2D eigenvalue weighted by Gasteiger charge is -2.21.